The molecule has 0 aromatic rings. The Morgan fingerprint density at radius 3 is 2.70 bits per heavy atom. The van der Waals surface area contributed by atoms with Crippen molar-refractivity contribution in [3.63, 3.8) is 0 Å². The van der Waals surface area contributed by atoms with Crippen LogP contribution in [0.15, 0.2) is 22.3 Å². The van der Waals surface area contributed by atoms with Gasteiger partial charge in [-0.15, -0.1) is 0 Å². The Hall–Kier alpha value is 0.210. The van der Waals surface area contributed by atoms with Gasteiger partial charge in [0.2, 0.25) is 0 Å². The summed E-state index contributed by atoms with van der Waals surface area (Å²) >= 11 is 2.22. The average molecular weight is 250 g/mol. The van der Waals surface area contributed by atoms with Crippen LogP contribution in [-0.2, 0) is 0 Å². The number of allylic oxidation sites excluding steroid dienone is 3. The molecule has 0 aromatic carbocycles. The Bertz CT molecular complexity index is 125. The zero-order valence-corrected chi connectivity index (χ0v) is 8.89. The molecule has 1 atom stereocenters. The van der Waals surface area contributed by atoms with E-state index in [-0.39, 0.29) is 0 Å². The standard InChI is InChI=1S/C9H15I/c1-4-8(2)6-5-7-9(3)10/h5,7-8H,3-4,6H2,1-2H3/b7-5+. The Morgan fingerprint density at radius 2 is 2.30 bits per heavy atom. The molecule has 0 rings (SSSR count). The molecule has 0 fully saturated rings. The van der Waals surface area contributed by atoms with Crippen LogP contribution < -0.4 is 0 Å². The highest BCUT2D eigenvalue weighted by Gasteiger charge is 1.92. The smallest absolute Gasteiger partial charge is 0.00548 e. The first-order chi connectivity index (χ1) is 4.66. The molecule has 1 unspecified atom stereocenters. The van der Waals surface area contributed by atoms with E-state index in [2.05, 4.69) is 55.2 Å². The van der Waals surface area contributed by atoms with Crippen LogP contribution in [0, 0.1) is 5.92 Å². The minimum absolute atomic E-state index is 0.812. The summed E-state index contributed by atoms with van der Waals surface area (Å²) in [6.07, 6.45) is 6.71. The van der Waals surface area contributed by atoms with Gasteiger partial charge >= 0.3 is 0 Å². The maximum atomic E-state index is 3.78. The van der Waals surface area contributed by atoms with Crippen LogP contribution in [0.1, 0.15) is 26.7 Å². The monoisotopic (exact) mass is 250 g/mol. The number of hydrogen-bond donors (Lipinski definition) is 0. The molecule has 10 heavy (non-hydrogen) atoms. The molecule has 0 aliphatic carbocycles. The minimum atomic E-state index is 0.812. The molecule has 0 N–H and O–H groups in total. The van der Waals surface area contributed by atoms with Gasteiger partial charge in [0.25, 0.3) is 0 Å². The Kier molecular flexibility index (Phi) is 6.08. The highest BCUT2D eigenvalue weighted by Crippen LogP contribution is 2.09. The summed E-state index contributed by atoms with van der Waals surface area (Å²) in [4.78, 5) is 0. The molecule has 0 heterocycles. The lowest BCUT2D eigenvalue weighted by Gasteiger charge is -2.01. The van der Waals surface area contributed by atoms with Crippen molar-refractivity contribution in [1.29, 1.82) is 0 Å². The van der Waals surface area contributed by atoms with Crippen LogP contribution in [0.3, 0.4) is 0 Å². The molecular weight excluding hydrogens is 235 g/mol. The fraction of sp³-hybridized carbons (Fsp3) is 0.556. The lowest BCUT2D eigenvalue weighted by atomic mass is 10.1. The molecule has 0 aromatic heterocycles. The zero-order chi connectivity index (χ0) is 7.98. The van der Waals surface area contributed by atoms with Gasteiger partial charge in [-0.25, -0.2) is 0 Å². The Labute approximate surface area is 77.5 Å². The molecule has 0 aliphatic heterocycles. The quantitative estimate of drug-likeness (QED) is 0.524. The minimum Gasteiger partial charge on any atom is -0.0856 e. The summed E-state index contributed by atoms with van der Waals surface area (Å²) < 4.78 is 1.11. The third-order valence-corrected chi connectivity index (χ3v) is 1.89. The van der Waals surface area contributed by atoms with Crippen molar-refractivity contribution >= 4 is 22.6 Å². The fourth-order valence-corrected chi connectivity index (χ4v) is 0.849. The summed E-state index contributed by atoms with van der Waals surface area (Å²) in [6, 6.07) is 0. The fourth-order valence-electron chi connectivity index (χ4n) is 0.595. The van der Waals surface area contributed by atoms with E-state index in [0.717, 1.165) is 9.50 Å². The first kappa shape index (κ1) is 10.2. The topological polar surface area (TPSA) is 0 Å². The molecule has 0 saturated carbocycles. The summed E-state index contributed by atoms with van der Waals surface area (Å²) in [6.45, 7) is 8.26. The van der Waals surface area contributed by atoms with Crippen LogP contribution in [0.5, 0.6) is 0 Å². The van der Waals surface area contributed by atoms with E-state index >= 15 is 0 Å². The third kappa shape index (κ3) is 6.33. The van der Waals surface area contributed by atoms with Crippen molar-refractivity contribution in [3.8, 4) is 0 Å². The van der Waals surface area contributed by atoms with Crippen LogP contribution in [0.25, 0.3) is 0 Å². The second-order valence-corrected chi connectivity index (χ2v) is 3.98. The molecule has 0 saturated heterocycles. The highest BCUT2D eigenvalue weighted by atomic mass is 127. The zero-order valence-electron chi connectivity index (χ0n) is 6.73. The van der Waals surface area contributed by atoms with Crippen molar-refractivity contribution in [3.05, 3.63) is 22.3 Å². The van der Waals surface area contributed by atoms with Gasteiger partial charge in [-0.1, -0.05) is 39.0 Å². The number of hydrogen-bond acceptors (Lipinski definition) is 0. The van der Waals surface area contributed by atoms with Crippen molar-refractivity contribution < 1.29 is 0 Å². The van der Waals surface area contributed by atoms with Gasteiger partial charge in [0.1, 0.15) is 0 Å². The van der Waals surface area contributed by atoms with Crippen molar-refractivity contribution in [2.75, 3.05) is 0 Å². The van der Waals surface area contributed by atoms with E-state index < -0.39 is 0 Å². The Balaban J connectivity index is 3.43. The normalized spacial score (nSPS) is 13.9. The van der Waals surface area contributed by atoms with E-state index in [1.165, 1.54) is 12.8 Å². The van der Waals surface area contributed by atoms with E-state index in [0.29, 0.717) is 0 Å². The average Bonchev–Trinajstić information content (AvgIpc) is 1.87. The molecular formula is C9H15I. The summed E-state index contributed by atoms with van der Waals surface area (Å²) in [5.41, 5.74) is 0. The van der Waals surface area contributed by atoms with Gasteiger partial charge in [0, 0.05) is 3.58 Å². The predicted octanol–water partition coefficient (Wildman–Crippen LogP) is 3.93. The molecule has 58 valence electrons. The van der Waals surface area contributed by atoms with Gasteiger partial charge in [-0.3, -0.25) is 0 Å². The molecule has 0 radical (unpaired) electrons. The van der Waals surface area contributed by atoms with Crippen LogP contribution in [-0.4, -0.2) is 0 Å². The molecule has 0 aliphatic rings. The lowest BCUT2D eigenvalue weighted by molar-refractivity contribution is 0.572. The van der Waals surface area contributed by atoms with Crippen LogP contribution >= 0.6 is 22.6 Å². The van der Waals surface area contributed by atoms with Crippen molar-refractivity contribution in [2.24, 2.45) is 5.92 Å². The summed E-state index contributed by atoms with van der Waals surface area (Å²) in [5, 5.41) is 0. The molecule has 0 bridgehead atoms. The van der Waals surface area contributed by atoms with Gasteiger partial charge < -0.3 is 0 Å². The van der Waals surface area contributed by atoms with E-state index in [1.807, 2.05) is 0 Å². The summed E-state index contributed by atoms with van der Waals surface area (Å²) in [7, 11) is 0. The SMILES string of the molecule is C=C(I)/C=C/CC(C)CC. The number of rotatable bonds is 4. The molecule has 1 heteroatoms. The lowest BCUT2D eigenvalue weighted by Crippen LogP contribution is -1.87. The third-order valence-electron chi connectivity index (χ3n) is 1.53. The first-order valence-corrected chi connectivity index (χ1v) is 4.75. The molecule has 0 spiro atoms. The van der Waals surface area contributed by atoms with Gasteiger partial charge in [-0.05, 0) is 34.9 Å². The van der Waals surface area contributed by atoms with E-state index in [9.17, 15) is 0 Å². The van der Waals surface area contributed by atoms with Crippen LogP contribution in [0.2, 0.25) is 0 Å². The highest BCUT2D eigenvalue weighted by molar-refractivity contribution is 14.1. The second kappa shape index (κ2) is 5.96. The molecule has 0 amide bonds. The second-order valence-electron chi connectivity index (χ2n) is 2.60. The van der Waals surface area contributed by atoms with Gasteiger partial charge in [0.05, 0.1) is 0 Å². The first-order valence-electron chi connectivity index (χ1n) is 3.67. The van der Waals surface area contributed by atoms with Crippen molar-refractivity contribution in [2.45, 2.75) is 26.7 Å². The van der Waals surface area contributed by atoms with Crippen LogP contribution in [0.4, 0.5) is 0 Å². The Morgan fingerprint density at radius 1 is 1.70 bits per heavy atom. The predicted molar refractivity (Wildman–Crippen MR) is 56.4 cm³/mol. The maximum Gasteiger partial charge on any atom is 0.00548 e. The van der Waals surface area contributed by atoms with E-state index in [4.69, 9.17) is 0 Å². The van der Waals surface area contributed by atoms with Gasteiger partial charge in [0.15, 0.2) is 0 Å². The largest absolute Gasteiger partial charge is 0.0856 e. The van der Waals surface area contributed by atoms with Gasteiger partial charge in [-0.2, -0.15) is 0 Å². The van der Waals surface area contributed by atoms with E-state index in [1.54, 1.807) is 0 Å². The number of halogens is 1. The van der Waals surface area contributed by atoms with Crippen molar-refractivity contribution in [1.82, 2.24) is 0 Å². The summed E-state index contributed by atoms with van der Waals surface area (Å²) in [5.74, 6) is 0.812. The molecule has 0 nitrogen and oxygen atoms in total. The maximum absolute atomic E-state index is 3.78.